The molecule has 0 aliphatic heterocycles. The van der Waals surface area contributed by atoms with Gasteiger partial charge in [0.15, 0.2) is 12.3 Å². The first-order chi connectivity index (χ1) is 13.0. The molecule has 0 aliphatic carbocycles. The maximum Gasteiger partial charge on any atom is 0.280 e. The maximum atomic E-state index is 12.9. The fraction of sp³-hybridized carbons (Fsp3) is 0.0588. The van der Waals surface area contributed by atoms with Crippen molar-refractivity contribution in [1.29, 1.82) is 10.7 Å². The van der Waals surface area contributed by atoms with Crippen molar-refractivity contribution in [1.82, 2.24) is 19.1 Å². The van der Waals surface area contributed by atoms with Crippen molar-refractivity contribution >= 4 is 29.3 Å². The molecule has 136 valence electrons. The van der Waals surface area contributed by atoms with Crippen molar-refractivity contribution in [2.24, 2.45) is 0 Å². The van der Waals surface area contributed by atoms with E-state index in [0.29, 0.717) is 11.2 Å². The van der Waals surface area contributed by atoms with Crippen LogP contribution in [0, 0.1) is 16.7 Å². The number of nitrogens with zero attached hydrogens (tertiary/aromatic N) is 4. The van der Waals surface area contributed by atoms with Gasteiger partial charge in [0.1, 0.15) is 23.1 Å². The van der Waals surface area contributed by atoms with Gasteiger partial charge in [0.05, 0.1) is 17.6 Å². The Labute approximate surface area is 156 Å². The normalized spacial score (nSPS) is 11.6. The molecule has 0 aliphatic rings. The largest absolute Gasteiger partial charge is 0.309 e. The van der Waals surface area contributed by atoms with Crippen LogP contribution in [0.5, 0.6) is 0 Å². The van der Waals surface area contributed by atoms with Gasteiger partial charge in [-0.15, -0.1) is 3.89 Å². The summed E-state index contributed by atoms with van der Waals surface area (Å²) in [5, 5.41) is 17.5. The van der Waals surface area contributed by atoms with E-state index in [0.717, 1.165) is 6.07 Å². The number of hydrogen-bond donors (Lipinski definition) is 2. The molecule has 0 aromatic carbocycles. The van der Waals surface area contributed by atoms with E-state index in [1.165, 1.54) is 28.9 Å². The van der Waals surface area contributed by atoms with Gasteiger partial charge in [0.2, 0.25) is 0 Å². The first-order valence-corrected chi connectivity index (χ1v) is 8.22. The van der Waals surface area contributed by atoms with Crippen molar-refractivity contribution in [3.8, 4) is 6.07 Å². The molecule has 3 heterocycles. The molecule has 2 N–H and O–H groups in total. The Balaban J connectivity index is 2.08. The van der Waals surface area contributed by atoms with Crippen LogP contribution in [0.4, 0.5) is 12.7 Å². The predicted molar refractivity (Wildman–Crippen MR) is 95.7 cm³/mol. The number of aromatic nitrogens is 3. The zero-order valence-electron chi connectivity index (χ0n) is 13.5. The van der Waals surface area contributed by atoms with Crippen LogP contribution in [-0.2, 0) is 0 Å². The Bertz CT molecular complexity index is 1070. The van der Waals surface area contributed by atoms with E-state index >= 15 is 0 Å². The molecule has 6 nitrogen and oxygen atoms in total. The van der Waals surface area contributed by atoms with Crippen molar-refractivity contribution in [3.05, 3.63) is 71.6 Å². The van der Waals surface area contributed by atoms with Crippen LogP contribution in [0.1, 0.15) is 29.1 Å². The lowest BCUT2D eigenvalue weighted by molar-refractivity contribution is 0.146. The highest BCUT2D eigenvalue weighted by Crippen LogP contribution is 2.23. The standard InChI is InChI=1S/C17H11F3N6S/c18-17(19)14-3-1-2-13(25-14)16(22)12(8-24-27-20)10-4-5-15-23-7-11(6-21)26(15)9-10/h1-5,7-9,17,22,24H/b12-8-,22-16?. The van der Waals surface area contributed by atoms with Crippen molar-refractivity contribution in [2.75, 3.05) is 0 Å². The molecule has 3 aromatic heterocycles. The molecule has 3 rings (SSSR count). The van der Waals surface area contributed by atoms with Gasteiger partial charge in [-0.05, 0) is 24.3 Å². The second kappa shape index (κ2) is 7.92. The third kappa shape index (κ3) is 3.78. The Morgan fingerprint density at radius 3 is 2.85 bits per heavy atom. The van der Waals surface area contributed by atoms with E-state index in [1.54, 1.807) is 18.3 Å². The van der Waals surface area contributed by atoms with Crippen molar-refractivity contribution in [3.63, 3.8) is 0 Å². The second-order valence-electron chi connectivity index (χ2n) is 5.28. The zero-order chi connectivity index (χ0) is 19.4. The quantitative estimate of drug-likeness (QED) is 0.491. The molecule has 3 aromatic rings. The van der Waals surface area contributed by atoms with E-state index in [1.807, 2.05) is 6.07 Å². The number of imidazole rings is 1. The molecule has 0 radical (unpaired) electrons. The van der Waals surface area contributed by atoms with E-state index in [2.05, 4.69) is 14.7 Å². The minimum Gasteiger partial charge on any atom is -0.309 e. The van der Waals surface area contributed by atoms with Crippen LogP contribution in [0.2, 0.25) is 0 Å². The lowest BCUT2D eigenvalue weighted by Gasteiger charge is -2.11. The predicted octanol–water partition coefficient (Wildman–Crippen LogP) is 4.07. The van der Waals surface area contributed by atoms with Gasteiger partial charge in [-0.25, -0.2) is 18.7 Å². The summed E-state index contributed by atoms with van der Waals surface area (Å²) < 4.78 is 42.2. The number of rotatable bonds is 6. The molecular weight excluding hydrogens is 377 g/mol. The Hall–Kier alpha value is -3.32. The molecule has 27 heavy (non-hydrogen) atoms. The average Bonchev–Trinajstić information content (AvgIpc) is 3.10. The third-order valence-corrected chi connectivity index (χ3v) is 3.91. The van der Waals surface area contributed by atoms with Gasteiger partial charge in [-0.1, -0.05) is 6.07 Å². The van der Waals surface area contributed by atoms with Crippen LogP contribution in [0.25, 0.3) is 11.2 Å². The number of nitrogens with one attached hydrogen (secondary N) is 2. The number of halogens is 3. The second-order valence-corrected chi connectivity index (χ2v) is 5.67. The van der Waals surface area contributed by atoms with Crippen LogP contribution < -0.4 is 4.72 Å². The molecule has 0 atom stereocenters. The Morgan fingerprint density at radius 1 is 1.33 bits per heavy atom. The average molecular weight is 388 g/mol. The topological polar surface area (TPSA) is 89.9 Å². The van der Waals surface area contributed by atoms with Gasteiger partial charge >= 0.3 is 0 Å². The van der Waals surface area contributed by atoms with Gasteiger partial charge in [0.25, 0.3) is 6.43 Å². The van der Waals surface area contributed by atoms with Gasteiger partial charge in [-0.3, -0.25) is 9.81 Å². The first kappa shape index (κ1) is 18.5. The number of nitriles is 1. The molecule has 10 heteroatoms. The molecule has 0 saturated carbocycles. The molecule has 0 spiro atoms. The van der Waals surface area contributed by atoms with E-state index < -0.39 is 12.1 Å². The maximum absolute atomic E-state index is 12.9. The molecule has 0 amide bonds. The fourth-order valence-electron chi connectivity index (χ4n) is 2.45. The Morgan fingerprint density at radius 2 is 2.15 bits per heavy atom. The minimum absolute atomic E-state index is 0.0101. The summed E-state index contributed by atoms with van der Waals surface area (Å²) >= 11 is -0.177. The van der Waals surface area contributed by atoms with Gasteiger partial charge < -0.3 is 4.72 Å². The van der Waals surface area contributed by atoms with E-state index in [4.69, 9.17) is 10.7 Å². The zero-order valence-corrected chi connectivity index (χ0v) is 14.3. The summed E-state index contributed by atoms with van der Waals surface area (Å²) in [6.45, 7) is 0. The van der Waals surface area contributed by atoms with Crippen LogP contribution in [0.3, 0.4) is 0 Å². The molecule has 0 fully saturated rings. The lowest BCUT2D eigenvalue weighted by Crippen LogP contribution is -2.10. The van der Waals surface area contributed by atoms with Crippen LogP contribution in [0.15, 0.2) is 48.9 Å². The fourth-order valence-corrected chi connectivity index (χ4v) is 2.62. The van der Waals surface area contributed by atoms with Gasteiger partial charge in [0, 0.05) is 23.5 Å². The molecule has 0 bridgehead atoms. The summed E-state index contributed by atoms with van der Waals surface area (Å²) in [6.07, 6.45) is 1.42. The number of pyridine rings is 2. The summed E-state index contributed by atoms with van der Waals surface area (Å²) in [4.78, 5) is 7.88. The summed E-state index contributed by atoms with van der Waals surface area (Å²) in [7, 11) is 0. The third-order valence-electron chi connectivity index (χ3n) is 3.70. The smallest absolute Gasteiger partial charge is 0.280 e. The summed E-state index contributed by atoms with van der Waals surface area (Å²) in [5.41, 5.74) is 0.829. The molecule has 0 unspecified atom stereocenters. The number of alkyl halides is 2. The van der Waals surface area contributed by atoms with Gasteiger partial charge in [-0.2, -0.15) is 5.26 Å². The Kier molecular flexibility index (Phi) is 5.42. The summed E-state index contributed by atoms with van der Waals surface area (Å²) in [5.74, 6) is 0. The number of hydrogen-bond acceptors (Lipinski definition) is 6. The number of allylic oxidation sites excluding steroid dienone is 1. The minimum atomic E-state index is -2.77. The monoisotopic (exact) mass is 388 g/mol. The van der Waals surface area contributed by atoms with E-state index in [9.17, 15) is 12.7 Å². The SMILES string of the molecule is N#Cc1cnc2ccc(/C(=C/NSF)C(=N)c3cccc(C(F)F)n3)cn12. The highest BCUT2D eigenvalue weighted by Gasteiger charge is 2.16. The van der Waals surface area contributed by atoms with Crippen molar-refractivity contribution < 1.29 is 12.7 Å². The van der Waals surface area contributed by atoms with Crippen LogP contribution >= 0.6 is 12.3 Å². The summed E-state index contributed by atoms with van der Waals surface area (Å²) in [6, 6.07) is 9.21. The molecule has 0 saturated heterocycles. The number of fused-ring (bicyclic) bond motifs is 1. The lowest BCUT2D eigenvalue weighted by atomic mass is 10.0. The highest BCUT2D eigenvalue weighted by atomic mass is 32.2. The van der Waals surface area contributed by atoms with E-state index in [-0.39, 0.29) is 35.0 Å². The van der Waals surface area contributed by atoms with Crippen molar-refractivity contribution in [2.45, 2.75) is 6.43 Å². The van der Waals surface area contributed by atoms with Crippen LogP contribution in [-0.4, -0.2) is 20.1 Å². The highest BCUT2D eigenvalue weighted by molar-refractivity contribution is 7.92. The molecular formula is C17H11F3N6S. The first-order valence-electron chi connectivity index (χ1n) is 7.50.